The monoisotopic (exact) mass is 427 g/mol. The van der Waals surface area contributed by atoms with Gasteiger partial charge in [-0.2, -0.15) is 9.97 Å². The largest absolute Gasteiger partial charge is 0.506 e. The number of hydrogen-bond donors (Lipinski definition) is 2. The lowest BCUT2D eigenvalue weighted by Gasteiger charge is -2.32. The van der Waals surface area contributed by atoms with Crippen molar-refractivity contribution in [2.45, 2.75) is 26.0 Å². The SMILES string of the molecule is C[C@H](CN(C)C)Oc1nc(N)c2c(n1)CN(c1cc(O)c(Cl)c3ccccc13)CC2. The number of likely N-dealkylation sites (N-methyl/N-ethyl adjacent to an activating group) is 1. The van der Waals surface area contributed by atoms with E-state index in [0.717, 1.165) is 40.8 Å². The van der Waals surface area contributed by atoms with E-state index >= 15 is 0 Å². The van der Waals surface area contributed by atoms with E-state index < -0.39 is 0 Å². The number of aromatic nitrogens is 2. The molecule has 4 rings (SSSR count). The van der Waals surface area contributed by atoms with Crippen LogP contribution in [0.5, 0.6) is 11.8 Å². The van der Waals surface area contributed by atoms with Crippen molar-refractivity contribution in [2.75, 3.05) is 37.8 Å². The van der Waals surface area contributed by atoms with Gasteiger partial charge in [0, 0.05) is 41.2 Å². The summed E-state index contributed by atoms with van der Waals surface area (Å²) in [6, 6.07) is 9.82. The number of benzene rings is 2. The highest BCUT2D eigenvalue weighted by Gasteiger charge is 2.24. The van der Waals surface area contributed by atoms with Crippen LogP contribution in [0.3, 0.4) is 0 Å². The minimum absolute atomic E-state index is 0.0608. The fraction of sp³-hybridized carbons (Fsp3) is 0.364. The number of phenolic OH excluding ortho intramolecular Hbond substituents is 1. The van der Waals surface area contributed by atoms with E-state index in [0.29, 0.717) is 29.8 Å². The van der Waals surface area contributed by atoms with Gasteiger partial charge in [-0.3, -0.25) is 0 Å². The Balaban J connectivity index is 1.67. The van der Waals surface area contributed by atoms with Crippen LogP contribution in [-0.2, 0) is 13.0 Å². The van der Waals surface area contributed by atoms with E-state index in [4.69, 9.17) is 22.1 Å². The van der Waals surface area contributed by atoms with Crippen LogP contribution in [0.1, 0.15) is 18.2 Å². The maximum atomic E-state index is 10.4. The summed E-state index contributed by atoms with van der Waals surface area (Å²) in [7, 11) is 3.98. The Morgan fingerprint density at radius 2 is 2.00 bits per heavy atom. The van der Waals surface area contributed by atoms with Gasteiger partial charge in [0.1, 0.15) is 17.7 Å². The van der Waals surface area contributed by atoms with Gasteiger partial charge >= 0.3 is 6.01 Å². The zero-order valence-corrected chi connectivity index (χ0v) is 18.1. The Bertz CT molecular complexity index is 1090. The van der Waals surface area contributed by atoms with Gasteiger partial charge in [-0.1, -0.05) is 35.9 Å². The average molecular weight is 428 g/mol. The van der Waals surface area contributed by atoms with E-state index in [-0.39, 0.29) is 11.9 Å². The Morgan fingerprint density at radius 3 is 2.73 bits per heavy atom. The highest BCUT2D eigenvalue weighted by molar-refractivity contribution is 6.37. The summed E-state index contributed by atoms with van der Waals surface area (Å²) < 4.78 is 5.90. The van der Waals surface area contributed by atoms with Crippen LogP contribution in [0.4, 0.5) is 11.5 Å². The summed E-state index contributed by atoms with van der Waals surface area (Å²) in [5.41, 5.74) is 8.94. The van der Waals surface area contributed by atoms with Crippen molar-refractivity contribution in [3.63, 3.8) is 0 Å². The molecule has 1 aliphatic heterocycles. The van der Waals surface area contributed by atoms with Crippen LogP contribution in [-0.4, -0.2) is 53.3 Å². The second kappa shape index (κ2) is 8.16. The maximum absolute atomic E-state index is 10.4. The van der Waals surface area contributed by atoms with Gasteiger partial charge in [0.2, 0.25) is 0 Å². The maximum Gasteiger partial charge on any atom is 0.318 e. The summed E-state index contributed by atoms with van der Waals surface area (Å²) in [5, 5.41) is 12.5. The number of nitrogen functional groups attached to an aromatic ring is 1. The molecule has 0 fully saturated rings. The normalized spacial score (nSPS) is 14.8. The first-order valence-corrected chi connectivity index (χ1v) is 10.3. The first kappa shape index (κ1) is 20.5. The molecule has 30 heavy (non-hydrogen) atoms. The molecule has 0 unspecified atom stereocenters. The molecule has 0 radical (unpaired) electrons. The molecule has 0 amide bonds. The molecule has 0 bridgehead atoms. The molecule has 1 atom stereocenters. The van der Waals surface area contributed by atoms with Crippen LogP contribution >= 0.6 is 11.6 Å². The van der Waals surface area contributed by atoms with E-state index in [1.165, 1.54) is 0 Å². The number of hydrogen-bond acceptors (Lipinski definition) is 7. The molecule has 2 heterocycles. The third-order valence-electron chi connectivity index (χ3n) is 5.28. The van der Waals surface area contributed by atoms with Gasteiger partial charge in [0.05, 0.1) is 17.3 Å². The summed E-state index contributed by atoms with van der Waals surface area (Å²) in [6.45, 7) is 4.02. The number of aromatic hydroxyl groups is 1. The predicted molar refractivity (Wildman–Crippen MR) is 120 cm³/mol. The number of nitrogens with two attached hydrogens (primary N) is 1. The molecular weight excluding hydrogens is 402 g/mol. The van der Waals surface area contributed by atoms with Crippen LogP contribution in [0.2, 0.25) is 5.02 Å². The van der Waals surface area contributed by atoms with E-state index in [1.54, 1.807) is 6.07 Å². The van der Waals surface area contributed by atoms with Crippen molar-refractivity contribution < 1.29 is 9.84 Å². The van der Waals surface area contributed by atoms with Gasteiger partial charge in [-0.25, -0.2) is 0 Å². The molecule has 0 saturated heterocycles. The number of halogens is 1. The second-order valence-electron chi connectivity index (χ2n) is 7.95. The Hall–Kier alpha value is -2.77. The van der Waals surface area contributed by atoms with E-state index in [2.05, 4.69) is 14.9 Å². The zero-order chi connectivity index (χ0) is 21.4. The summed E-state index contributed by atoms with van der Waals surface area (Å²) in [6.07, 6.45) is 0.654. The van der Waals surface area contributed by atoms with Crippen molar-refractivity contribution in [1.29, 1.82) is 0 Å². The van der Waals surface area contributed by atoms with Crippen molar-refractivity contribution in [3.05, 3.63) is 46.6 Å². The lowest BCUT2D eigenvalue weighted by atomic mass is 10.0. The number of rotatable bonds is 5. The van der Waals surface area contributed by atoms with E-state index in [1.807, 2.05) is 50.2 Å². The molecule has 1 aliphatic rings. The fourth-order valence-corrected chi connectivity index (χ4v) is 4.21. The van der Waals surface area contributed by atoms with Gasteiger partial charge in [0.15, 0.2) is 0 Å². The molecular formula is C22H26ClN5O2. The van der Waals surface area contributed by atoms with Crippen LogP contribution in [0, 0.1) is 0 Å². The molecule has 158 valence electrons. The third-order valence-corrected chi connectivity index (χ3v) is 5.68. The summed E-state index contributed by atoms with van der Waals surface area (Å²) in [4.78, 5) is 13.2. The van der Waals surface area contributed by atoms with Gasteiger partial charge < -0.3 is 25.4 Å². The number of phenols is 1. The molecule has 3 N–H and O–H groups in total. The second-order valence-corrected chi connectivity index (χ2v) is 8.33. The lowest BCUT2D eigenvalue weighted by molar-refractivity contribution is 0.163. The minimum atomic E-state index is -0.0608. The Kier molecular flexibility index (Phi) is 5.58. The third kappa shape index (κ3) is 3.95. The summed E-state index contributed by atoms with van der Waals surface area (Å²) >= 11 is 6.32. The van der Waals surface area contributed by atoms with Crippen LogP contribution in [0.15, 0.2) is 30.3 Å². The predicted octanol–water partition coefficient (Wildman–Crippen LogP) is 3.46. The number of fused-ring (bicyclic) bond motifs is 2. The summed E-state index contributed by atoms with van der Waals surface area (Å²) in [5.74, 6) is 0.537. The standard InChI is InChI=1S/C22H26ClN5O2/c1-13(11-27(2)3)30-22-25-17-12-28(9-8-16(17)21(24)26-22)18-10-19(29)20(23)15-7-5-4-6-14(15)18/h4-7,10,13,29H,8-9,11-12H2,1-3H3,(H2,24,25,26)/t13-/m1/s1. The Morgan fingerprint density at radius 1 is 1.27 bits per heavy atom. The highest BCUT2D eigenvalue weighted by atomic mass is 35.5. The number of anilines is 2. The zero-order valence-electron chi connectivity index (χ0n) is 17.4. The van der Waals surface area contributed by atoms with Gasteiger partial charge in [-0.15, -0.1) is 0 Å². The number of ether oxygens (including phenoxy) is 1. The number of nitrogens with zero attached hydrogens (tertiary/aromatic N) is 4. The smallest absolute Gasteiger partial charge is 0.318 e. The Labute approximate surface area is 181 Å². The molecule has 3 aromatic rings. The lowest BCUT2D eigenvalue weighted by Crippen LogP contribution is -2.33. The quantitative estimate of drug-likeness (QED) is 0.644. The topological polar surface area (TPSA) is 87.7 Å². The van der Waals surface area contributed by atoms with Crippen LogP contribution < -0.4 is 15.4 Å². The minimum Gasteiger partial charge on any atom is -0.506 e. The fourth-order valence-electron chi connectivity index (χ4n) is 3.99. The van der Waals surface area contributed by atoms with E-state index in [9.17, 15) is 5.11 Å². The first-order valence-electron chi connectivity index (χ1n) is 9.95. The van der Waals surface area contributed by atoms with Crippen molar-refractivity contribution in [2.24, 2.45) is 0 Å². The molecule has 0 aliphatic carbocycles. The molecule has 2 aromatic carbocycles. The molecule has 1 aromatic heterocycles. The van der Waals surface area contributed by atoms with Crippen molar-refractivity contribution >= 4 is 33.9 Å². The molecule has 0 spiro atoms. The van der Waals surface area contributed by atoms with Crippen molar-refractivity contribution in [3.8, 4) is 11.8 Å². The van der Waals surface area contributed by atoms with Crippen LogP contribution in [0.25, 0.3) is 10.8 Å². The first-order chi connectivity index (χ1) is 14.3. The van der Waals surface area contributed by atoms with Gasteiger partial charge in [-0.05, 0) is 27.4 Å². The van der Waals surface area contributed by atoms with Gasteiger partial charge in [0.25, 0.3) is 0 Å². The average Bonchev–Trinajstić information content (AvgIpc) is 2.69. The molecule has 8 heteroatoms. The highest BCUT2D eigenvalue weighted by Crippen LogP contribution is 2.40. The van der Waals surface area contributed by atoms with Crippen molar-refractivity contribution in [1.82, 2.24) is 14.9 Å². The molecule has 0 saturated carbocycles. The molecule has 7 nitrogen and oxygen atoms in total.